The van der Waals surface area contributed by atoms with Gasteiger partial charge in [-0.2, -0.15) is 0 Å². The van der Waals surface area contributed by atoms with Gasteiger partial charge in [-0.05, 0) is 31.6 Å². The van der Waals surface area contributed by atoms with Crippen molar-refractivity contribution in [2.45, 2.75) is 58.1 Å². The van der Waals surface area contributed by atoms with Crippen LogP contribution in [0.3, 0.4) is 0 Å². The molecule has 0 saturated heterocycles. The van der Waals surface area contributed by atoms with E-state index < -0.39 is 0 Å². The second-order valence-electron chi connectivity index (χ2n) is 4.54. The van der Waals surface area contributed by atoms with Crippen LogP contribution in [0.1, 0.15) is 46.0 Å². The number of aliphatic hydroxyl groups is 1. The highest BCUT2D eigenvalue weighted by Crippen LogP contribution is 2.32. The van der Waals surface area contributed by atoms with E-state index in [9.17, 15) is 5.11 Å². The van der Waals surface area contributed by atoms with Gasteiger partial charge in [0.1, 0.15) is 0 Å². The maximum Gasteiger partial charge on any atom is 0.0716 e. The Kier molecular flexibility index (Phi) is 4.20. The Bertz CT molecular complexity index is 139. The number of hydrogen-bond donors (Lipinski definition) is 2. The van der Waals surface area contributed by atoms with E-state index in [0.717, 1.165) is 5.92 Å². The van der Waals surface area contributed by atoms with Crippen LogP contribution in [-0.4, -0.2) is 17.3 Å². The lowest BCUT2D eigenvalue weighted by molar-refractivity contribution is 0.0570. The van der Waals surface area contributed by atoms with Gasteiger partial charge in [-0.1, -0.05) is 26.2 Å². The van der Waals surface area contributed by atoms with Crippen LogP contribution >= 0.6 is 0 Å². The van der Waals surface area contributed by atoms with Gasteiger partial charge in [-0.15, -0.1) is 0 Å². The first-order valence-electron chi connectivity index (χ1n) is 5.58. The predicted octanol–water partition coefficient (Wildman–Crippen LogP) is 1.91. The summed E-state index contributed by atoms with van der Waals surface area (Å²) in [5, 5.41) is 9.79. The van der Waals surface area contributed by atoms with E-state index in [0.29, 0.717) is 5.92 Å². The van der Waals surface area contributed by atoms with Crippen molar-refractivity contribution >= 4 is 0 Å². The van der Waals surface area contributed by atoms with E-state index in [1.54, 1.807) is 0 Å². The molecule has 1 unspecified atom stereocenters. The summed E-state index contributed by atoms with van der Waals surface area (Å²) in [6, 6.07) is -0.0665. The van der Waals surface area contributed by atoms with Crippen LogP contribution in [0, 0.1) is 11.8 Å². The first-order chi connectivity index (χ1) is 6.15. The molecule has 3 N–H and O–H groups in total. The molecule has 0 aliphatic heterocycles. The summed E-state index contributed by atoms with van der Waals surface area (Å²) in [4.78, 5) is 0. The van der Waals surface area contributed by atoms with E-state index in [1.807, 2.05) is 6.92 Å². The van der Waals surface area contributed by atoms with Gasteiger partial charge in [0.25, 0.3) is 0 Å². The van der Waals surface area contributed by atoms with E-state index >= 15 is 0 Å². The molecular weight excluding hydrogens is 162 g/mol. The first kappa shape index (κ1) is 11.0. The number of nitrogens with two attached hydrogens (primary N) is 1. The third kappa shape index (κ3) is 2.96. The van der Waals surface area contributed by atoms with E-state index in [-0.39, 0.29) is 12.1 Å². The second kappa shape index (κ2) is 4.97. The van der Waals surface area contributed by atoms with Crippen LogP contribution in [0.4, 0.5) is 0 Å². The van der Waals surface area contributed by atoms with Crippen molar-refractivity contribution in [3.05, 3.63) is 0 Å². The van der Waals surface area contributed by atoms with Crippen molar-refractivity contribution < 1.29 is 5.11 Å². The fourth-order valence-corrected chi connectivity index (χ4v) is 2.37. The van der Waals surface area contributed by atoms with E-state index in [4.69, 9.17) is 5.73 Å². The molecule has 1 rings (SSSR count). The summed E-state index contributed by atoms with van der Waals surface area (Å²) in [5.41, 5.74) is 5.68. The minimum absolute atomic E-state index is 0.0665. The molecule has 1 saturated carbocycles. The van der Waals surface area contributed by atoms with Crippen molar-refractivity contribution in [2.75, 3.05) is 0 Å². The van der Waals surface area contributed by atoms with Crippen LogP contribution in [0.2, 0.25) is 0 Å². The second-order valence-corrected chi connectivity index (χ2v) is 4.54. The van der Waals surface area contributed by atoms with Gasteiger partial charge in [-0.3, -0.25) is 0 Å². The van der Waals surface area contributed by atoms with Gasteiger partial charge in [-0.25, -0.2) is 0 Å². The van der Waals surface area contributed by atoms with Gasteiger partial charge in [0, 0.05) is 6.04 Å². The summed E-state index contributed by atoms with van der Waals surface area (Å²) in [7, 11) is 0. The molecule has 0 heterocycles. The smallest absolute Gasteiger partial charge is 0.0716 e. The van der Waals surface area contributed by atoms with Crippen LogP contribution < -0.4 is 5.73 Å². The lowest BCUT2D eigenvalue weighted by atomic mass is 9.77. The Morgan fingerprint density at radius 2 is 1.85 bits per heavy atom. The van der Waals surface area contributed by atoms with Crippen LogP contribution in [0.5, 0.6) is 0 Å². The third-order valence-electron chi connectivity index (χ3n) is 3.49. The van der Waals surface area contributed by atoms with Gasteiger partial charge >= 0.3 is 0 Å². The lowest BCUT2D eigenvalue weighted by Gasteiger charge is -2.32. The summed E-state index contributed by atoms with van der Waals surface area (Å²) >= 11 is 0. The Labute approximate surface area is 81.5 Å². The average molecular weight is 185 g/mol. The summed E-state index contributed by atoms with van der Waals surface area (Å²) in [6.07, 6.45) is 5.91. The zero-order valence-electron chi connectivity index (χ0n) is 8.87. The number of rotatable bonds is 3. The summed E-state index contributed by atoms with van der Waals surface area (Å²) in [5.74, 6) is 1.36. The van der Waals surface area contributed by atoms with Crippen LogP contribution in [0.15, 0.2) is 0 Å². The molecule has 2 nitrogen and oxygen atoms in total. The fraction of sp³-hybridized carbons (Fsp3) is 1.00. The molecule has 0 spiro atoms. The van der Waals surface area contributed by atoms with Crippen molar-refractivity contribution in [3.8, 4) is 0 Å². The van der Waals surface area contributed by atoms with E-state index in [2.05, 4.69) is 6.92 Å². The normalized spacial score (nSPS) is 34.2. The van der Waals surface area contributed by atoms with Gasteiger partial charge in [0.15, 0.2) is 0 Å². The van der Waals surface area contributed by atoms with Crippen LogP contribution in [-0.2, 0) is 0 Å². The maximum atomic E-state index is 9.79. The molecule has 0 radical (unpaired) electrons. The molecule has 2 heteroatoms. The Balaban J connectivity index is 2.32. The summed E-state index contributed by atoms with van der Waals surface area (Å²) < 4.78 is 0. The van der Waals surface area contributed by atoms with Crippen LogP contribution in [0.25, 0.3) is 0 Å². The highest BCUT2D eigenvalue weighted by Gasteiger charge is 2.27. The quantitative estimate of drug-likeness (QED) is 0.705. The molecule has 78 valence electrons. The van der Waals surface area contributed by atoms with E-state index in [1.165, 1.54) is 32.1 Å². The largest absolute Gasteiger partial charge is 0.391 e. The monoisotopic (exact) mass is 185 g/mol. The maximum absolute atomic E-state index is 9.79. The van der Waals surface area contributed by atoms with Crippen molar-refractivity contribution in [1.82, 2.24) is 0 Å². The van der Waals surface area contributed by atoms with Gasteiger partial charge in [0.05, 0.1) is 6.10 Å². The zero-order chi connectivity index (χ0) is 9.84. The fourth-order valence-electron chi connectivity index (χ4n) is 2.37. The SMILES string of the molecule is CCC1CCC(C(O)[C@@H](C)N)CC1. The Hall–Kier alpha value is -0.0800. The minimum atomic E-state index is -0.280. The molecule has 0 bridgehead atoms. The standard InChI is InChI=1S/C11H23NO/c1-3-9-4-6-10(7-5-9)11(13)8(2)12/h8-11,13H,3-7,12H2,1-2H3/t8-,9?,10?,11?/m1/s1. The molecule has 0 aromatic heterocycles. The van der Waals surface area contributed by atoms with Crippen molar-refractivity contribution in [1.29, 1.82) is 0 Å². The first-order valence-corrected chi connectivity index (χ1v) is 5.58. The topological polar surface area (TPSA) is 46.2 Å². The average Bonchev–Trinajstić information content (AvgIpc) is 2.17. The summed E-state index contributed by atoms with van der Waals surface area (Å²) in [6.45, 7) is 4.16. The molecule has 2 atom stereocenters. The molecular formula is C11H23NO. The van der Waals surface area contributed by atoms with Gasteiger partial charge in [0.2, 0.25) is 0 Å². The van der Waals surface area contributed by atoms with Gasteiger partial charge < -0.3 is 10.8 Å². The molecule has 0 aromatic rings. The number of aliphatic hydroxyl groups excluding tert-OH is 1. The molecule has 1 fully saturated rings. The van der Waals surface area contributed by atoms with Crippen molar-refractivity contribution in [3.63, 3.8) is 0 Å². The molecule has 0 amide bonds. The lowest BCUT2D eigenvalue weighted by Crippen LogP contribution is -2.39. The Morgan fingerprint density at radius 1 is 1.31 bits per heavy atom. The minimum Gasteiger partial charge on any atom is -0.391 e. The highest BCUT2D eigenvalue weighted by atomic mass is 16.3. The third-order valence-corrected chi connectivity index (χ3v) is 3.49. The zero-order valence-corrected chi connectivity index (χ0v) is 8.87. The highest BCUT2D eigenvalue weighted by molar-refractivity contribution is 4.80. The molecule has 13 heavy (non-hydrogen) atoms. The predicted molar refractivity (Wildman–Crippen MR) is 55.4 cm³/mol. The number of hydrogen-bond acceptors (Lipinski definition) is 2. The molecule has 0 aromatic carbocycles. The van der Waals surface area contributed by atoms with Crippen molar-refractivity contribution in [2.24, 2.45) is 17.6 Å². The Morgan fingerprint density at radius 3 is 2.23 bits per heavy atom. The molecule has 1 aliphatic carbocycles. The molecule has 1 aliphatic rings.